The van der Waals surface area contributed by atoms with Gasteiger partial charge in [0.05, 0.1) is 36.5 Å². The van der Waals surface area contributed by atoms with Crippen LogP contribution in [0.5, 0.6) is 5.75 Å². The second kappa shape index (κ2) is 8.01. The molecule has 1 aliphatic rings. The van der Waals surface area contributed by atoms with Crippen molar-refractivity contribution >= 4 is 11.7 Å². The number of aromatic nitrogens is 2. The van der Waals surface area contributed by atoms with Gasteiger partial charge in [-0.15, -0.1) is 0 Å². The van der Waals surface area contributed by atoms with Gasteiger partial charge in [0.1, 0.15) is 11.6 Å². The maximum Gasteiger partial charge on any atom is 0.229 e. The highest BCUT2D eigenvalue weighted by Gasteiger charge is 2.46. The summed E-state index contributed by atoms with van der Waals surface area (Å²) in [7, 11) is 1.60. The molecule has 0 unspecified atom stereocenters. The molecule has 1 saturated carbocycles. The van der Waals surface area contributed by atoms with Crippen LogP contribution in [0.3, 0.4) is 0 Å². The standard InChI is InChI=1S/C23H22N4O3/c1-30-18-8-6-15(7-9-18)10-22(28)25-21-11-20(26-27-21)17-12-23(29,13-17)19-5-3-2-4-16(19)14-24/h2-9,11,17,29H,10,12-13H2,1H3,(H2,25,26,27,28)/t17-,23-. The topological polar surface area (TPSA) is 111 Å². The Kier molecular flexibility index (Phi) is 5.25. The Balaban J connectivity index is 1.36. The van der Waals surface area contributed by atoms with Crippen LogP contribution < -0.4 is 10.1 Å². The highest BCUT2D eigenvalue weighted by atomic mass is 16.5. The lowest BCUT2D eigenvalue weighted by Crippen LogP contribution is -2.40. The van der Waals surface area contributed by atoms with E-state index < -0.39 is 5.60 Å². The van der Waals surface area contributed by atoms with E-state index in [0.29, 0.717) is 29.8 Å². The molecule has 1 amide bonds. The van der Waals surface area contributed by atoms with Crippen LogP contribution in [0.25, 0.3) is 0 Å². The fourth-order valence-electron chi connectivity index (χ4n) is 3.90. The average Bonchev–Trinajstić information content (AvgIpc) is 3.19. The van der Waals surface area contributed by atoms with Gasteiger partial charge in [-0.1, -0.05) is 30.3 Å². The van der Waals surface area contributed by atoms with Gasteiger partial charge in [0.2, 0.25) is 5.91 Å². The summed E-state index contributed by atoms with van der Waals surface area (Å²) in [5.74, 6) is 1.18. The monoisotopic (exact) mass is 402 g/mol. The molecule has 1 heterocycles. The molecular formula is C23H22N4O3. The Morgan fingerprint density at radius 2 is 2.03 bits per heavy atom. The number of hydrogen-bond donors (Lipinski definition) is 3. The van der Waals surface area contributed by atoms with Crippen LogP contribution in [0, 0.1) is 11.3 Å². The Morgan fingerprint density at radius 3 is 2.73 bits per heavy atom. The minimum atomic E-state index is -1.02. The first-order chi connectivity index (χ1) is 14.5. The van der Waals surface area contributed by atoms with Crippen molar-refractivity contribution in [2.75, 3.05) is 12.4 Å². The van der Waals surface area contributed by atoms with E-state index in [0.717, 1.165) is 17.0 Å². The number of nitrogens with zero attached hydrogens (tertiary/aromatic N) is 2. The Morgan fingerprint density at radius 1 is 1.30 bits per heavy atom. The van der Waals surface area contributed by atoms with Crippen LogP contribution in [0.2, 0.25) is 0 Å². The second-order valence-corrected chi connectivity index (χ2v) is 7.57. The molecule has 0 bridgehead atoms. The van der Waals surface area contributed by atoms with Gasteiger partial charge in [0.15, 0.2) is 0 Å². The number of rotatable bonds is 6. The molecule has 152 valence electrons. The molecule has 30 heavy (non-hydrogen) atoms. The number of benzene rings is 2. The van der Waals surface area contributed by atoms with E-state index in [9.17, 15) is 15.2 Å². The highest BCUT2D eigenvalue weighted by Crippen LogP contribution is 2.51. The van der Waals surface area contributed by atoms with Gasteiger partial charge >= 0.3 is 0 Å². The summed E-state index contributed by atoms with van der Waals surface area (Å²) in [6, 6.07) is 18.4. The van der Waals surface area contributed by atoms with E-state index in [1.807, 2.05) is 30.3 Å². The van der Waals surface area contributed by atoms with Crippen molar-refractivity contribution in [3.05, 3.63) is 77.0 Å². The predicted octanol–water partition coefficient (Wildman–Crippen LogP) is 3.24. The predicted molar refractivity (Wildman–Crippen MR) is 111 cm³/mol. The van der Waals surface area contributed by atoms with Crippen molar-refractivity contribution in [1.29, 1.82) is 5.26 Å². The number of nitriles is 1. The first kappa shape index (κ1) is 19.7. The third-order valence-corrected chi connectivity index (χ3v) is 5.53. The number of carbonyl (C=O) groups is 1. The molecule has 1 aliphatic carbocycles. The molecule has 0 aliphatic heterocycles. The molecule has 2 aromatic carbocycles. The summed E-state index contributed by atoms with van der Waals surface area (Å²) in [6.07, 6.45) is 1.21. The number of amides is 1. The molecule has 0 radical (unpaired) electrons. The number of nitrogens with one attached hydrogen (secondary N) is 2. The molecule has 7 heteroatoms. The zero-order valence-corrected chi connectivity index (χ0v) is 16.6. The van der Waals surface area contributed by atoms with E-state index in [-0.39, 0.29) is 18.2 Å². The third-order valence-electron chi connectivity index (χ3n) is 5.53. The minimum absolute atomic E-state index is 0.0604. The fourth-order valence-corrected chi connectivity index (χ4v) is 3.90. The summed E-state index contributed by atoms with van der Waals surface area (Å²) in [5, 5.41) is 30.1. The van der Waals surface area contributed by atoms with Crippen molar-refractivity contribution < 1.29 is 14.6 Å². The maximum absolute atomic E-state index is 12.3. The molecule has 7 nitrogen and oxygen atoms in total. The number of hydrogen-bond acceptors (Lipinski definition) is 5. The number of carbonyl (C=O) groups excluding carboxylic acids is 1. The molecular weight excluding hydrogens is 380 g/mol. The Hall–Kier alpha value is -3.63. The SMILES string of the molecule is COc1ccc(CC(=O)Nc2cc([C@H]3C[C@@](O)(c4ccccc4C#N)C3)n[nH]2)cc1. The molecule has 0 spiro atoms. The Bertz CT molecular complexity index is 1090. The van der Waals surface area contributed by atoms with Crippen LogP contribution >= 0.6 is 0 Å². The van der Waals surface area contributed by atoms with E-state index in [1.165, 1.54) is 0 Å². The number of methoxy groups -OCH3 is 1. The van der Waals surface area contributed by atoms with Crippen molar-refractivity contribution in [3.63, 3.8) is 0 Å². The number of H-pyrrole nitrogens is 1. The molecule has 0 saturated heterocycles. The fraction of sp³-hybridized carbons (Fsp3) is 0.261. The van der Waals surface area contributed by atoms with Gasteiger partial charge in [-0.05, 0) is 36.6 Å². The van der Waals surface area contributed by atoms with Crippen LogP contribution in [0.15, 0.2) is 54.6 Å². The lowest BCUT2D eigenvalue weighted by atomic mass is 9.65. The van der Waals surface area contributed by atoms with Crippen molar-refractivity contribution in [1.82, 2.24) is 10.2 Å². The number of aliphatic hydroxyl groups is 1. The van der Waals surface area contributed by atoms with Gasteiger partial charge in [-0.3, -0.25) is 9.89 Å². The minimum Gasteiger partial charge on any atom is -0.497 e. The first-order valence-corrected chi connectivity index (χ1v) is 9.71. The van der Waals surface area contributed by atoms with Gasteiger partial charge in [-0.2, -0.15) is 10.4 Å². The third kappa shape index (κ3) is 3.91. The number of ether oxygens (including phenoxy) is 1. The summed E-state index contributed by atoms with van der Waals surface area (Å²) >= 11 is 0. The summed E-state index contributed by atoms with van der Waals surface area (Å²) in [4.78, 5) is 12.3. The Labute approximate surface area is 174 Å². The smallest absolute Gasteiger partial charge is 0.229 e. The lowest BCUT2D eigenvalue weighted by Gasteiger charge is -2.43. The molecule has 1 aromatic heterocycles. The average molecular weight is 402 g/mol. The van der Waals surface area contributed by atoms with Gasteiger partial charge in [-0.25, -0.2) is 0 Å². The van der Waals surface area contributed by atoms with Crippen LogP contribution in [0.1, 0.15) is 41.1 Å². The van der Waals surface area contributed by atoms with E-state index >= 15 is 0 Å². The quantitative estimate of drug-likeness (QED) is 0.586. The summed E-state index contributed by atoms with van der Waals surface area (Å²) in [5.41, 5.74) is 1.80. The molecule has 3 N–H and O–H groups in total. The molecule has 1 fully saturated rings. The first-order valence-electron chi connectivity index (χ1n) is 9.71. The zero-order valence-electron chi connectivity index (χ0n) is 16.6. The lowest BCUT2D eigenvalue weighted by molar-refractivity contribution is -0.115. The normalized spacial score (nSPS) is 20.1. The largest absolute Gasteiger partial charge is 0.497 e. The van der Waals surface area contributed by atoms with E-state index in [4.69, 9.17) is 4.74 Å². The van der Waals surface area contributed by atoms with Crippen molar-refractivity contribution in [3.8, 4) is 11.8 Å². The van der Waals surface area contributed by atoms with Gasteiger partial charge < -0.3 is 15.2 Å². The van der Waals surface area contributed by atoms with Crippen LogP contribution in [-0.4, -0.2) is 28.3 Å². The molecule has 0 atom stereocenters. The number of anilines is 1. The van der Waals surface area contributed by atoms with E-state index in [1.54, 1.807) is 31.4 Å². The maximum atomic E-state index is 12.3. The van der Waals surface area contributed by atoms with Crippen LogP contribution in [-0.2, 0) is 16.8 Å². The summed E-state index contributed by atoms with van der Waals surface area (Å²) < 4.78 is 5.12. The highest BCUT2D eigenvalue weighted by molar-refractivity contribution is 5.91. The molecule has 3 aromatic rings. The van der Waals surface area contributed by atoms with Crippen LogP contribution in [0.4, 0.5) is 5.82 Å². The summed E-state index contributed by atoms with van der Waals surface area (Å²) in [6.45, 7) is 0. The second-order valence-electron chi connectivity index (χ2n) is 7.57. The van der Waals surface area contributed by atoms with Gasteiger partial charge in [0, 0.05) is 17.5 Å². The number of aromatic amines is 1. The van der Waals surface area contributed by atoms with Crippen molar-refractivity contribution in [2.24, 2.45) is 0 Å². The zero-order chi connectivity index (χ0) is 21.1. The van der Waals surface area contributed by atoms with E-state index in [2.05, 4.69) is 21.6 Å². The van der Waals surface area contributed by atoms with Gasteiger partial charge in [0.25, 0.3) is 0 Å². The molecule has 4 rings (SSSR count). The van der Waals surface area contributed by atoms with Crippen molar-refractivity contribution in [2.45, 2.75) is 30.8 Å².